The maximum Gasteiger partial charge on any atom is 0.417 e. The molecule has 6 aliphatic rings. The number of hydrogen-bond acceptors (Lipinski definition) is 10. The summed E-state index contributed by atoms with van der Waals surface area (Å²) in [5.74, 6) is 0.188. The Labute approximate surface area is 444 Å². The second kappa shape index (κ2) is 25.6. The van der Waals surface area contributed by atoms with E-state index in [1.807, 2.05) is 24.2 Å². The SMILES string of the molecule is CC.O=C(NSC1CC1)c1cc(C2CC2)c(OCC2CCN(Sc3ccc(Br)c(F)c3)CC2)cc1F.O=C(NSC1CC1)c1cc(C2CC2)c(OCC2CCN(Sc3ccccc3C(F)(F)F)CC2)cc1F. The number of carbonyl (C=O) groups is 2. The van der Waals surface area contributed by atoms with Crippen LogP contribution in [0, 0.1) is 29.3 Å². The van der Waals surface area contributed by atoms with Crippen molar-refractivity contribution in [2.24, 2.45) is 11.8 Å². The summed E-state index contributed by atoms with van der Waals surface area (Å²) >= 11 is 8.67. The van der Waals surface area contributed by atoms with Gasteiger partial charge in [0.1, 0.15) is 29.0 Å². The van der Waals surface area contributed by atoms with Crippen molar-refractivity contribution in [3.05, 3.63) is 116 Å². The number of benzene rings is 4. The molecule has 4 aromatic carbocycles. The lowest BCUT2D eigenvalue weighted by Gasteiger charge is -2.31. The quantitative estimate of drug-likeness (QED) is 0.0742. The van der Waals surface area contributed by atoms with Gasteiger partial charge >= 0.3 is 6.18 Å². The van der Waals surface area contributed by atoms with Gasteiger partial charge in [-0.1, -0.05) is 26.0 Å². The van der Waals surface area contributed by atoms with Crippen LogP contribution in [0.4, 0.5) is 26.3 Å². The molecule has 0 bridgehead atoms. The van der Waals surface area contributed by atoms with Crippen molar-refractivity contribution in [2.45, 2.75) is 129 Å². The molecule has 0 unspecified atom stereocenters. The van der Waals surface area contributed by atoms with Gasteiger partial charge in [-0.2, -0.15) is 13.2 Å². The minimum atomic E-state index is -4.38. The van der Waals surface area contributed by atoms with Gasteiger partial charge in [0, 0.05) is 58.6 Å². The third-order valence-electron chi connectivity index (χ3n) is 13.0. The Morgan fingerprint density at radius 2 is 1.07 bits per heavy atom. The molecule has 2 heterocycles. The summed E-state index contributed by atoms with van der Waals surface area (Å²) in [6, 6.07) is 16.9. The summed E-state index contributed by atoms with van der Waals surface area (Å²) < 4.78 is 106. The fourth-order valence-electron chi connectivity index (χ4n) is 8.28. The highest BCUT2D eigenvalue weighted by Gasteiger charge is 2.36. The molecular weight excluding hydrogens is 1080 g/mol. The zero-order chi connectivity index (χ0) is 50.9. The summed E-state index contributed by atoms with van der Waals surface area (Å²) in [6.07, 6.45) is 7.55. The first-order valence-corrected chi connectivity index (χ1v) is 29.2. The van der Waals surface area contributed by atoms with Crippen molar-refractivity contribution in [3.8, 4) is 11.5 Å². The van der Waals surface area contributed by atoms with E-state index < -0.39 is 29.3 Å². The molecule has 0 spiro atoms. The topological polar surface area (TPSA) is 83.1 Å². The summed E-state index contributed by atoms with van der Waals surface area (Å²) in [7, 11) is 0. The second-order valence-corrected chi connectivity index (χ2v) is 24.3. The standard InChI is InChI=1S/C26H28F4N2O2S2.C25H27BrF2N2O2S2.C2H6/c27-22-14-23(19(17-5-6-17)13-20(22)25(33)31-35-18-7-8-18)34-15-16-9-11-32(12-10-16)36-24-4-2-1-3-21(24)26(28,29)30;26-21-6-5-18(11-23(21)28)34-30-9-7-15(8-10-30)14-32-24-13-22(27)20(12-19(24)16-1-2-16)25(31)29-33-17-3-4-17;1-2/h1-4,13-14,16-18H,5-12,15H2,(H,31,33);5-6,11-13,15-17H,1-4,7-10,14H2,(H,29,31);1-2H3. The minimum Gasteiger partial charge on any atom is -0.493 e. The van der Waals surface area contributed by atoms with Crippen molar-refractivity contribution < 1.29 is 45.4 Å². The van der Waals surface area contributed by atoms with Crippen LogP contribution in [0.3, 0.4) is 0 Å². The lowest BCUT2D eigenvalue weighted by Crippen LogP contribution is -2.31. The van der Waals surface area contributed by atoms with E-state index in [2.05, 4.69) is 29.7 Å². The molecule has 4 aliphatic carbocycles. The number of nitrogens with zero attached hydrogens (tertiary/aromatic N) is 2. The largest absolute Gasteiger partial charge is 0.493 e. The number of ether oxygens (including phenoxy) is 2. The number of alkyl halides is 3. The van der Waals surface area contributed by atoms with Crippen LogP contribution in [0.1, 0.15) is 140 Å². The van der Waals surface area contributed by atoms with E-state index in [-0.39, 0.29) is 39.6 Å². The van der Waals surface area contributed by atoms with Crippen LogP contribution in [-0.4, -0.2) is 70.3 Å². The van der Waals surface area contributed by atoms with Crippen molar-refractivity contribution in [1.82, 2.24) is 18.1 Å². The highest BCUT2D eigenvalue weighted by Crippen LogP contribution is 2.47. The first kappa shape index (κ1) is 55.0. The lowest BCUT2D eigenvalue weighted by molar-refractivity contribution is -0.139. The number of carbonyl (C=O) groups excluding carboxylic acids is 2. The van der Waals surface area contributed by atoms with Crippen molar-refractivity contribution in [1.29, 1.82) is 0 Å². The molecule has 0 aromatic heterocycles. The van der Waals surface area contributed by atoms with E-state index in [1.54, 1.807) is 42.3 Å². The molecule has 4 aromatic rings. The van der Waals surface area contributed by atoms with Crippen LogP contribution >= 0.6 is 63.7 Å². The molecule has 0 radical (unpaired) electrons. The normalized spacial score (nSPS) is 18.8. The Morgan fingerprint density at radius 1 is 0.611 bits per heavy atom. The van der Waals surface area contributed by atoms with Gasteiger partial charge in [0.15, 0.2) is 0 Å². The van der Waals surface area contributed by atoms with E-state index in [9.17, 15) is 35.9 Å². The fraction of sp³-hybridized carbons (Fsp3) is 0.509. The van der Waals surface area contributed by atoms with Crippen molar-refractivity contribution in [3.63, 3.8) is 0 Å². The molecule has 4 saturated carbocycles. The Balaban J connectivity index is 0.000000187. The van der Waals surface area contributed by atoms with E-state index in [0.717, 1.165) is 124 Å². The van der Waals surface area contributed by atoms with Gasteiger partial charge in [-0.15, -0.1) is 0 Å². The first-order chi connectivity index (χ1) is 34.7. The van der Waals surface area contributed by atoms with Crippen molar-refractivity contribution >= 4 is 75.5 Å². The predicted molar refractivity (Wildman–Crippen MR) is 281 cm³/mol. The van der Waals surface area contributed by atoms with Crippen LogP contribution in [0.5, 0.6) is 11.5 Å². The molecule has 2 N–H and O–H groups in total. The van der Waals surface area contributed by atoms with Gasteiger partial charge in [0.25, 0.3) is 11.8 Å². The molecule has 0 atom stereocenters. The molecule has 72 heavy (non-hydrogen) atoms. The molecule has 390 valence electrons. The smallest absolute Gasteiger partial charge is 0.417 e. The average Bonchev–Trinajstić information content (AvgIpc) is 4.16. The number of hydrogen-bond donors (Lipinski definition) is 2. The monoisotopic (exact) mass is 1140 g/mol. The van der Waals surface area contributed by atoms with Crippen molar-refractivity contribution in [2.75, 3.05) is 39.4 Å². The van der Waals surface area contributed by atoms with Crippen LogP contribution < -0.4 is 18.9 Å². The van der Waals surface area contributed by atoms with Gasteiger partial charge in [0.2, 0.25) is 0 Å². The molecule has 10 rings (SSSR count). The molecule has 2 aliphatic heterocycles. The number of rotatable bonds is 18. The Kier molecular flexibility index (Phi) is 19.5. The van der Waals surface area contributed by atoms with E-state index in [1.165, 1.54) is 48.2 Å². The summed E-state index contributed by atoms with van der Waals surface area (Å²) in [6.45, 7) is 8.02. The number of nitrogens with one attached hydrogen (secondary N) is 2. The van der Waals surface area contributed by atoms with E-state index >= 15 is 0 Å². The fourth-order valence-corrected chi connectivity index (χ4v) is 12.1. The first-order valence-electron chi connectivity index (χ1n) is 25.1. The van der Waals surface area contributed by atoms with Crippen LogP contribution in [0.2, 0.25) is 0 Å². The zero-order valence-electron chi connectivity index (χ0n) is 40.3. The van der Waals surface area contributed by atoms with Crippen LogP contribution in [0.25, 0.3) is 0 Å². The van der Waals surface area contributed by atoms with Gasteiger partial charge in [0.05, 0.1) is 34.4 Å². The Hall–Kier alpha value is -3.20. The summed E-state index contributed by atoms with van der Waals surface area (Å²) in [5, 5.41) is 0.907. The maximum atomic E-state index is 14.8. The maximum absolute atomic E-state index is 14.8. The predicted octanol–water partition coefficient (Wildman–Crippen LogP) is 15.0. The second-order valence-electron chi connectivity index (χ2n) is 18.9. The van der Waals surface area contributed by atoms with Gasteiger partial charge in [-0.05, 0) is 218 Å². The van der Waals surface area contributed by atoms with Gasteiger partial charge in [-0.3, -0.25) is 19.0 Å². The Morgan fingerprint density at radius 3 is 1.50 bits per heavy atom. The highest BCUT2D eigenvalue weighted by atomic mass is 79.9. The number of halogens is 7. The van der Waals surface area contributed by atoms with Crippen LogP contribution in [0.15, 0.2) is 81.0 Å². The van der Waals surface area contributed by atoms with Crippen LogP contribution in [-0.2, 0) is 6.18 Å². The molecule has 6 fully saturated rings. The highest BCUT2D eigenvalue weighted by molar-refractivity contribution is 9.10. The molecule has 2 amide bonds. The van der Waals surface area contributed by atoms with E-state index in [4.69, 9.17) is 9.47 Å². The average molecular weight is 1140 g/mol. The third kappa shape index (κ3) is 15.9. The van der Waals surface area contributed by atoms with Gasteiger partial charge in [-0.25, -0.2) is 21.8 Å². The molecule has 19 heteroatoms. The Bertz CT molecular complexity index is 2500. The number of piperidine rings is 2. The lowest BCUT2D eigenvalue weighted by atomic mass is 9.99. The minimum absolute atomic E-state index is 0.0573. The van der Waals surface area contributed by atoms with Gasteiger partial charge < -0.3 is 9.47 Å². The summed E-state index contributed by atoms with van der Waals surface area (Å²) in [4.78, 5) is 26.0. The zero-order valence-corrected chi connectivity index (χ0v) is 45.2. The number of amides is 2. The molecule has 2 saturated heterocycles. The summed E-state index contributed by atoms with van der Waals surface area (Å²) in [5.41, 5.74) is 1.39. The van der Waals surface area contributed by atoms with E-state index in [0.29, 0.717) is 64.6 Å². The molecular formula is C53H61BrF6N4O4S4. The molecule has 8 nitrogen and oxygen atoms in total. The third-order valence-corrected chi connectivity index (χ3v) is 18.2.